The largest absolute Gasteiger partial charge is 0.469 e. The van der Waals surface area contributed by atoms with Gasteiger partial charge in [-0.1, -0.05) is 0 Å². The Hall–Kier alpha value is -1.01. The Morgan fingerprint density at radius 1 is 1.67 bits per heavy atom. The Balaban J connectivity index is 2.93. The van der Waals surface area contributed by atoms with E-state index in [1.54, 1.807) is 0 Å². The SMILES string of the molecule is COC(=O)CC1(Cl)C=C(F)C(NC(C)=O)=CC1S. The molecule has 0 aromatic rings. The van der Waals surface area contributed by atoms with Crippen LogP contribution >= 0.6 is 24.2 Å². The number of nitrogens with one attached hydrogen (secondary N) is 1. The highest BCUT2D eigenvalue weighted by Gasteiger charge is 2.39. The quantitative estimate of drug-likeness (QED) is 0.473. The third kappa shape index (κ3) is 3.49. The van der Waals surface area contributed by atoms with Crippen LogP contribution in [0.5, 0.6) is 0 Å². The van der Waals surface area contributed by atoms with Gasteiger partial charge in [-0.15, -0.1) is 11.6 Å². The topological polar surface area (TPSA) is 55.4 Å². The van der Waals surface area contributed by atoms with E-state index in [4.69, 9.17) is 11.6 Å². The molecule has 1 rings (SSSR count). The van der Waals surface area contributed by atoms with Crippen molar-refractivity contribution in [1.29, 1.82) is 0 Å². The van der Waals surface area contributed by atoms with Crippen LogP contribution in [0.15, 0.2) is 23.7 Å². The number of hydrogen-bond acceptors (Lipinski definition) is 4. The predicted octanol–water partition coefficient (Wildman–Crippen LogP) is 1.71. The summed E-state index contributed by atoms with van der Waals surface area (Å²) in [4.78, 5) is 20.8. The van der Waals surface area contributed by atoms with Gasteiger partial charge in [0.05, 0.1) is 24.1 Å². The van der Waals surface area contributed by atoms with Crippen molar-refractivity contribution in [3.8, 4) is 0 Å². The number of hydrogen-bond donors (Lipinski definition) is 2. The third-order valence-corrected chi connectivity index (χ3v) is 3.63. The molecule has 18 heavy (non-hydrogen) atoms. The lowest BCUT2D eigenvalue weighted by molar-refractivity contribution is -0.141. The zero-order valence-electron chi connectivity index (χ0n) is 9.87. The fourth-order valence-corrected chi connectivity index (χ4v) is 2.07. The normalized spacial score (nSPS) is 27.1. The van der Waals surface area contributed by atoms with Crippen molar-refractivity contribution in [2.45, 2.75) is 23.5 Å². The summed E-state index contributed by atoms with van der Waals surface area (Å²) in [5, 5.41) is 1.70. The first-order valence-corrected chi connectivity index (χ1v) is 6.00. The molecule has 4 nitrogen and oxygen atoms in total. The number of rotatable bonds is 3. The first-order chi connectivity index (χ1) is 8.28. The number of carbonyl (C=O) groups excluding carboxylic acids is 2. The molecule has 1 aliphatic rings. The molecule has 1 N–H and O–H groups in total. The lowest BCUT2D eigenvalue weighted by Gasteiger charge is -2.30. The van der Waals surface area contributed by atoms with Gasteiger partial charge in [0, 0.05) is 12.2 Å². The van der Waals surface area contributed by atoms with Crippen molar-refractivity contribution in [3.63, 3.8) is 0 Å². The Bertz CT molecular complexity index is 438. The number of ether oxygens (including phenoxy) is 1. The van der Waals surface area contributed by atoms with Gasteiger partial charge >= 0.3 is 5.97 Å². The standard InChI is InChI=1S/C11H13ClFNO3S/c1-6(15)14-8-3-9(18)11(12,4-7(8)13)5-10(16)17-2/h3-4,9,18H,5H2,1-2H3,(H,14,15). The second kappa shape index (κ2) is 5.75. The Morgan fingerprint density at radius 3 is 2.78 bits per heavy atom. The number of esters is 1. The minimum absolute atomic E-state index is 0.00337. The first-order valence-electron chi connectivity index (χ1n) is 5.10. The molecule has 2 atom stereocenters. The van der Waals surface area contributed by atoms with Crippen LogP contribution in [-0.2, 0) is 14.3 Å². The highest BCUT2D eigenvalue weighted by atomic mass is 35.5. The molecule has 0 aromatic carbocycles. The molecule has 0 fully saturated rings. The monoisotopic (exact) mass is 293 g/mol. The fraction of sp³-hybridized carbons (Fsp3) is 0.455. The number of carbonyl (C=O) groups is 2. The summed E-state index contributed by atoms with van der Waals surface area (Å²) in [6.45, 7) is 1.26. The summed E-state index contributed by atoms with van der Waals surface area (Å²) in [7, 11) is 1.22. The van der Waals surface area contributed by atoms with Gasteiger partial charge in [-0.25, -0.2) is 4.39 Å². The number of alkyl halides is 1. The van der Waals surface area contributed by atoms with Crippen LogP contribution in [0.1, 0.15) is 13.3 Å². The van der Waals surface area contributed by atoms with Crippen LogP contribution in [0.4, 0.5) is 4.39 Å². The molecular formula is C11H13ClFNO3S. The first kappa shape index (κ1) is 15.0. The Labute approximate surface area is 115 Å². The molecule has 100 valence electrons. The maximum atomic E-state index is 13.7. The van der Waals surface area contributed by atoms with E-state index >= 15 is 0 Å². The summed E-state index contributed by atoms with van der Waals surface area (Å²) in [5.74, 6) is -1.67. The molecule has 0 saturated carbocycles. The molecule has 0 aromatic heterocycles. The number of amides is 1. The molecule has 0 heterocycles. The average molecular weight is 294 g/mol. The highest BCUT2D eigenvalue weighted by molar-refractivity contribution is 7.81. The van der Waals surface area contributed by atoms with Crippen molar-refractivity contribution in [2.24, 2.45) is 0 Å². The highest BCUT2D eigenvalue weighted by Crippen LogP contribution is 2.37. The molecular weight excluding hydrogens is 281 g/mol. The molecule has 0 aliphatic heterocycles. The van der Waals surface area contributed by atoms with E-state index in [1.165, 1.54) is 20.1 Å². The summed E-state index contributed by atoms with van der Waals surface area (Å²) < 4.78 is 18.2. The second-order valence-electron chi connectivity index (χ2n) is 3.88. The molecule has 7 heteroatoms. The van der Waals surface area contributed by atoms with Crippen molar-refractivity contribution < 1.29 is 18.7 Å². The lowest BCUT2D eigenvalue weighted by atomic mass is 9.93. The molecule has 1 amide bonds. The Kier molecular flexibility index (Phi) is 4.81. The van der Waals surface area contributed by atoms with E-state index in [1.807, 2.05) is 0 Å². The molecule has 0 spiro atoms. The van der Waals surface area contributed by atoms with Gasteiger partial charge in [0.25, 0.3) is 0 Å². The zero-order valence-corrected chi connectivity index (χ0v) is 11.5. The van der Waals surface area contributed by atoms with Gasteiger partial charge in [-0.05, 0) is 12.2 Å². The summed E-state index contributed by atoms with van der Waals surface area (Å²) in [5.41, 5.74) is 0.00337. The van der Waals surface area contributed by atoms with Crippen molar-refractivity contribution in [2.75, 3.05) is 7.11 Å². The number of methoxy groups -OCH3 is 1. The van der Waals surface area contributed by atoms with Gasteiger partial charge in [-0.2, -0.15) is 12.6 Å². The van der Waals surface area contributed by atoms with Crippen LogP contribution in [0.25, 0.3) is 0 Å². The van der Waals surface area contributed by atoms with Gasteiger partial charge in [0.1, 0.15) is 5.83 Å². The number of thiol groups is 1. The summed E-state index contributed by atoms with van der Waals surface area (Å²) in [6, 6.07) is 0. The van der Waals surface area contributed by atoms with E-state index < -0.39 is 27.8 Å². The molecule has 0 saturated heterocycles. The summed E-state index contributed by atoms with van der Waals surface area (Å²) >= 11 is 10.3. The van der Waals surface area contributed by atoms with E-state index in [2.05, 4.69) is 22.7 Å². The average Bonchev–Trinajstić information content (AvgIpc) is 2.25. The van der Waals surface area contributed by atoms with Crippen LogP contribution in [0.2, 0.25) is 0 Å². The van der Waals surface area contributed by atoms with Crippen LogP contribution in [0.3, 0.4) is 0 Å². The number of halogens is 2. The molecule has 2 unspecified atom stereocenters. The minimum atomic E-state index is -1.30. The van der Waals surface area contributed by atoms with Crippen molar-refractivity contribution in [3.05, 3.63) is 23.7 Å². The van der Waals surface area contributed by atoms with Crippen LogP contribution in [0, 0.1) is 0 Å². The van der Waals surface area contributed by atoms with Gasteiger partial charge in [0.2, 0.25) is 5.91 Å². The van der Waals surface area contributed by atoms with E-state index in [0.717, 1.165) is 6.08 Å². The maximum Gasteiger partial charge on any atom is 0.307 e. The van der Waals surface area contributed by atoms with E-state index in [9.17, 15) is 14.0 Å². The molecule has 0 radical (unpaired) electrons. The predicted molar refractivity (Wildman–Crippen MR) is 69.1 cm³/mol. The Morgan fingerprint density at radius 2 is 2.28 bits per heavy atom. The molecule has 1 aliphatic carbocycles. The number of allylic oxidation sites excluding steroid dienone is 2. The minimum Gasteiger partial charge on any atom is -0.469 e. The smallest absolute Gasteiger partial charge is 0.307 e. The van der Waals surface area contributed by atoms with Crippen LogP contribution < -0.4 is 5.32 Å². The molecule has 0 bridgehead atoms. The van der Waals surface area contributed by atoms with Crippen molar-refractivity contribution >= 4 is 36.1 Å². The maximum absolute atomic E-state index is 13.7. The summed E-state index contributed by atoms with van der Waals surface area (Å²) in [6.07, 6.45) is 2.21. The lowest BCUT2D eigenvalue weighted by Crippen LogP contribution is -2.37. The van der Waals surface area contributed by atoms with Gasteiger partial charge in [-0.3, -0.25) is 9.59 Å². The van der Waals surface area contributed by atoms with Gasteiger partial charge < -0.3 is 10.1 Å². The van der Waals surface area contributed by atoms with Crippen molar-refractivity contribution in [1.82, 2.24) is 5.32 Å². The fourth-order valence-electron chi connectivity index (χ4n) is 1.49. The second-order valence-corrected chi connectivity index (χ2v) is 5.14. The van der Waals surface area contributed by atoms with E-state index in [0.29, 0.717) is 0 Å². The third-order valence-electron chi connectivity index (χ3n) is 2.39. The van der Waals surface area contributed by atoms with Crippen LogP contribution in [-0.4, -0.2) is 29.1 Å². The van der Waals surface area contributed by atoms with E-state index in [-0.39, 0.29) is 12.1 Å². The zero-order chi connectivity index (χ0) is 13.9. The van der Waals surface area contributed by atoms with Gasteiger partial charge in [0.15, 0.2) is 0 Å².